The number of rotatable bonds is 2. The van der Waals surface area contributed by atoms with Crippen LogP contribution in [0.15, 0.2) is 0 Å². The first-order chi connectivity index (χ1) is 8.20. The molecule has 0 fully saturated rings. The van der Waals surface area contributed by atoms with Crippen molar-refractivity contribution in [1.82, 2.24) is 19.3 Å². The molecule has 2 aromatic heterocycles. The molecule has 0 amide bonds. The van der Waals surface area contributed by atoms with Crippen molar-refractivity contribution in [3.63, 3.8) is 0 Å². The fourth-order valence-corrected chi connectivity index (χ4v) is 2.16. The van der Waals surface area contributed by atoms with E-state index in [4.69, 9.17) is 11.6 Å². The molecule has 0 aliphatic carbocycles. The van der Waals surface area contributed by atoms with Crippen molar-refractivity contribution >= 4 is 22.8 Å². The zero-order chi connectivity index (χ0) is 13.7. The van der Waals surface area contributed by atoms with E-state index in [1.807, 2.05) is 0 Å². The summed E-state index contributed by atoms with van der Waals surface area (Å²) in [6.07, 6.45) is -4.33. The maximum absolute atomic E-state index is 12.6. The van der Waals surface area contributed by atoms with E-state index in [0.717, 1.165) is 4.57 Å². The van der Waals surface area contributed by atoms with E-state index < -0.39 is 18.1 Å². The van der Waals surface area contributed by atoms with Crippen molar-refractivity contribution in [3.05, 3.63) is 11.5 Å². The van der Waals surface area contributed by atoms with Gasteiger partial charge in [0.15, 0.2) is 5.65 Å². The number of halogens is 4. The molecule has 1 atom stereocenters. The van der Waals surface area contributed by atoms with Gasteiger partial charge in [0.05, 0.1) is 11.1 Å². The van der Waals surface area contributed by atoms with Crippen molar-refractivity contribution in [2.45, 2.75) is 31.9 Å². The summed E-state index contributed by atoms with van der Waals surface area (Å²) in [5, 5.41) is 3.47. The van der Waals surface area contributed by atoms with Gasteiger partial charge < -0.3 is 4.57 Å². The minimum atomic E-state index is -4.33. The molecule has 2 rings (SSSR count). The minimum absolute atomic E-state index is 0.208. The van der Waals surface area contributed by atoms with Gasteiger partial charge in [-0.2, -0.15) is 18.3 Å². The molecule has 0 spiro atoms. The maximum Gasteiger partial charge on any atom is 0.406 e. The third-order valence-corrected chi connectivity index (χ3v) is 2.81. The van der Waals surface area contributed by atoms with Gasteiger partial charge in [-0.25, -0.2) is 4.98 Å². The molecule has 0 aliphatic rings. The quantitative estimate of drug-likeness (QED) is 0.793. The Kier molecular flexibility index (Phi) is 3.04. The van der Waals surface area contributed by atoms with Gasteiger partial charge in [0.2, 0.25) is 0 Å². The largest absolute Gasteiger partial charge is 0.406 e. The molecular weight excluding hydrogens is 269 g/mol. The monoisotopic (exact) mass is 280 g/mol. The zero-order valence-electron chi connectivity index (χ0n) is 10.1. The highest BCUT2D eigenvalue weighted by molar-refractivity contribution is 6.20. The van der Waals surface area contributed by atoms with Crippen molar-refractivity contribution < 1.29 is 13.2 Å². The van der Waals surface area contributed by atoms with Crippen LogP contribution in [0.3, 0.4) is 0 Å². The van der Waals surface area contributed by atoms with Crippen LogP contribution in [0.2, 0.25) is 0 Å². The number of imidazole rings is 1. The van der Waals surface area contributed by atoms with Crippen LogP contribution in [0.5, 0.6) is 0 Å². The molecule has 0 saturated heterocycles. The first kappa shape index (κ1) is 13.2. The highest BCUT2D eigenvalue weighted by Crippen LogP contribution is 2.29. The Labute approximate surface area is 106 Å². The highest BCUT2D eigenvalue weighted by Gasteiger charge is 2.32. The van der Waals surface area contributed by atoms with Crippen LogP contribution in [0.25, 0.3) is 11.2 Å². The van der Waals surface area contributed by atoms with E-state index in [1.54, 1.807) is 20.9 Å². The predicted molar refractivity (Wildman–Crippen MR) is 61.6 cm³/mol. The molecule has 2 heterocycles. The first-order valence-electron chi connectivity index (χ1n) is 5.31. The molecule has 8 heteroatoms. The van der Waals surface area contributed by atoms with E-state index in [0.29, 0.717) is 16.9 Å². The van der Waals surface area contributed by atoms with Crippen LogP contribution in [-0.2, 0) is 13.6 Å². The maximum atomic E-state index is 12.6. The van der Waals surface area contributed by atoms with Gasteiger partial charge in [0.1, 0.15) is 17.9 Å². The standard InChI is InChI=1S/C10H12ClF3N4/c1-5(11)8-15-7-6(2)16-17(3)9(7)18(8)4-10(12,13)14/h5H,4H2,1-3H3. The number of aromatic nitrogens is 4. The molecule has 0 bridgehead atoms. The first-order valence-corrected chi connectivity index (χ1v) is 5.75. The van der Waals surface area contributed by atoms with E-state index >= 15 is 0 Å². The topological polar surface area (TPSA) is 35.6 Å². The Hall–Kier alpha value is -1.24. The van der Waals surface area contributed by atoms with E-state index in [9.17, 15) is 13.2 Å². The summed E-state index contributed by atoms with van der Waals surface area (Å²) in [5.74, 6) is 0.208. The lowest BCUT2D eigenvalue weighted by atomic mass is 10.4. The van der Waals surface area contributed by atoms with Crippen LogP contribution in [0.4, 0.5) is 13.2 Å². The average molecular weight is 281 g/mol. The Balaban J connectivity index is 2.69. The number of hydrogen-bond donors (Lipinski definition) is 0. The van der Waals surface area contributed by atoms with Gasteiger partial charge in [0.25, 0.3) is 0 Å². The average Bonchev–Trinajstić information content (AvgIpc) is 2.65. The summed E-state index contributed by atoms with van der Waals surface area (Å²) < 4.78 is 40.3. The van der Waals surface area contributed by atoms with Crippen LogP contribution in [0, 0.1) is 6.92 Å². The van der Waals surface area contributed by atoms with Gasteiger partial charge in [-0.3, -0.25) is 4.68 Å². The van der Waals surface area contributed by atoms with Crippen LogP contribution in [0.1, 0.15) is 23.8 Å². The van der Waals surface area contributed by atoms with Gasteiger partial charge >= 0.3 is 6.18 Å². The van der Waals surface area contributed by atoms with Gasteiger partial charge in [0, 0.05) is 7.05 Å². The molecule has 0 aliphatic heterocycles. The van der Waals surface area contributed by atoms with Crippen molar-refractivity contribution in [3.8, 4) is 0 Å². The van der Waals surface area contributed by atoms with Crippen molar-refractivity contribution in [2.75, 3.05) is 0 Å². The number of fused-ring (bicyclic) bond motifs is 1. The number of aryl methyl sites for hydroxylation is 2. The summed E-state index contributed by atoms with van der Waals surface area (Å²) in [5.41, 5.74) is 1.39. The lowest BCUT2D eigenvalue weighted by Gasteiger charge is -2.13. The number of hydrogen-bond acceptors (Lipinski definition) is 2. The van der Waals surface area contributed by atoms with Crippen molar-refractivity contribution in [2.24, 2.45) is 7.05 Å². The van der Waals surface area contributed by atoms with E-state index in [-0.39, 0.29) is 5.82 Å². The van der Waals surface area contributed by atoms with Crippen LogP contribution >= 0.6 is 11.6 Å². The Morgan fingerprint density at radius 2 is 2.00 bits per heavy atom. The fourth-order valence-electron chi connectivity index (χ4n) is 1.99. The molecule has 1 unspecified atom stereocenters. The number of nitrogens with zero attached hydrogens (tertiary/aromatic N) is 4. The smallest absolute Gasteiger partial charge is 0.302 e. The molecule has 0 saturated carbocycles. The lowest BCUT2D eigenvalue weighted by molar-refractivity contribution is -0.140. The molecule has 0 N–H and O–H groups in total. The SMILES string of the molecule is Cc1nn(C)c2c1nc(C(C)Cl)n2CC(F)(F)F. The predicted octanol–water partition coefficient (Wildman–Crippen LogP) is 2.94. The summed E-state index contributed by atoms with van der Waals surface area (Å²) in [6, 6.07) is 0. The normalized spacial score (nSPS) is 14.4. The molecule has 2 aromatic rings. The summed E-state index contributed by atoms with van der Waals surface area (Å²) >= 11 is 5.89. The Morgan fingerprint density at radius 1 is 1.39 bits per heavy atom. The fraction of sp³-hybridized carbons (Fsp3) is 0.600. The second kappa shape index (κ2) is 4.15. The molecule has 4 nitrogen and oxygen atoms in total. The third-order valence-electron chi connectivity index (χ3n) is 2.61. The molecular formula is C10H12ClF3N4. The minimum Gasteiger partial charge on any atom is -0.302 e. The van der Waals surface area contributed by atoms with E-state index in [2.05, 4.69) is 10.1 Å². The molecule has 0 aromatic carbocycles. The highest BCUT2D eigenvalue weighted by atomic mass is 35.5. The van der Waals surface area contributed by atoms with Crippen LogP contribution in [-0.4, -0.2) is 25.5 Å². The molecule has 100 valence electrons. The van der Waals surface area contributed by atoms with Gasteiger partial charge in [-0.15, -0.1) is 11.6 Å². The van der Waals surface area contributed by atoms with Gasteiger partial charge in [-0.1, -0.05) is 0 Å². The zero-order valence-corrected chi connectivity index (χ0v) is 10.8. The summed E-state index contributed by atoms with van der Waals surface area (Å²) in [7, 11) is 1.59. The summed E-state index contributed by atoms with van der Waals surface area (Å²) in [4.78, 5) is 4.16. The number of alkyl halides is 4. The van der Waals surface area contributed by atoms with E-state index in [1.165, 1.54) is 4.68 Å². The second-order valence-electron chi connectivity index (χ2n) is 4.17. The van der Waals surface area contributed by atoms with Crippen molar-refractivity contribution in [1.29, 1.82) is 0 Å². The Bertz CT molecular complexity index is 582. The van der Waals surface area contributed by atoms with Gasteiger partial charge in [-0.05, 0) is 13.8 Å². The van der Waals surface area contributed by atoms with Crippen LogP contribution < -0.4 is 0 Å². The molecule has 0 radical (unpaired) electrons. The second-order valence-corrected chi connectivity index (χ2v) is 4.82. The molecule has 18 heavy (non-hydrogen) atoms. The Morgan fingerprint density at radius 3 is 2.50 bits per heavy atom. The lowest BCUT2D eigenvalue weighted by Crippen LogP contribution is -2.20. The third kappa shape index (κ3) is 2.19. The summed E-state index contributed by atoms with van der Waals surface area (Å²) in [6.45, 7) is 2.18.